The lowest BCUT2D eigenvalue weighted by atomic mass is 9.75. The van der Waals surface area contributed by atoms with E-state index >= 15 is 0 Å². The van der Waals surface area contributed by atoms with Crippen LogP contribution in [0.5, 0.6) is 0 Å². The van der Waals surface area contributed by atoms with Gasteiger partial charge in [-0.2, -0.15) is 0 Å². The number of hydrogen-bond acceptors (Lipinski definition) is 4. The van der Waals surface area contributed by atoms with Gasteiger partial charge in [0.05, 0.1) is 11.6 Å². The molecule has 0 spiro atoms. The molecule has 2 bridgehead atoms. The van der Waals surface area contributed by atoms with Crippen molar-refractivity contribution in [3.05, 3.63) is 59.2 Å². The number of hydrogen-bond donors (Lipinski definition) is 0. The predicted octanol–water partition coefficient (Wildman–Crippen LogP) is 3.05. The van der Waals surface area contributed by atoms with Gasteiger partial charge in [-0.05, 0) is 44.3 Å². The quantitative estimate of drug-likeness (QED) is 0.826. The third-order valence-corrected chi connectivity index (χ3v) is 7.03. The fourth-order valence-electron chi connectivity index (χ4n) is 5.58. The van der Waals surface area contributed by atoms with Crippen molar-refractivity contribution in [2.45, 2.75) is 51.1 Å². The molecule has 5 nitrogen and oxygen atoms in total. The van der Waals surface area contributed by atoms with Gasteiger partial charge in [-0.1, -0.05) is 36.8 Å². The average molecular weight is 377 g/mol. The van der Waals surface area contributed by atoms with E-state index in [1.54, 1.807) is 12.4 Å². The van der Waals surface area contributed by atoms with Gasteiger partial charge in [0, 0.05) is 37.3 Å². The Morgan fingerprint density at radius 2 is 1.75 bits per heavy atom. The second kappa shape index (κ2) is 6.96. The van der Waals surface area contributed by atoms with Gasteiger partial charge in [-0.25, -0.2) is 9.97 Å². The molecule has 3 atom stereocenters. The SMILES string of the molecule is CCc1ncc(C(=O)N2C[C@H](c3ccc(C)cc3)[C@@H]3[C@H]2C2CCN3CC2)cn1. The molecule has 5 heterocycles. The second-order valence-electron chi connectivity index (χ2n) is 8.57. The first-order valence-electron chi connectivity index (χ1n) is 10.6. The lowest BCUT2D eigenvalue weighted by Crippen LogP contribution is -2.60. The Morgan fingerprint density at radius 1 is 1.07 bits per heavy atom. The number of aryl methyl sites for hydroxylation is 2. The summed E-state index contributed by atoms with van der Waals surface area (Å²) in [6.45, 7) is 7.29. The molecule has 0 N–H and O–H groups in total. The topological polar surface area (TPSA) is 49.3 Å². The highest BCUT2D eigenvalue weighted by Crippen LogP contribution is 2.46. The van der Waals surface area contributed by atoms with Crippen LogP contribution in [0.25, 0.3) is 0 Å². The highest BCUT2D eigenvalue weighted by atomic mass is 16.2. The molecule has 1 aromatic carbocycles. The van der Waals surface area contributed by atoms with E-state index in [-0.39, 0.29) is 5.91 Å². The first-order chi connectivity index (χ1) is 13.7. The maximum atomic E-state index is 13.4. The van der Waals surface area contributed by atoms with Crippen LogP contribution in [0.1, 0.15) is 53.0 Å². The van der Waals surface area contributed by atoms with Crippen molar-refractivity contribution in [3.63, 3.8) is 0 Å². The van der Waals surface area contributed by atoms with Crippen molar-refractivity contribution in [2.24, 2.45) is 5.92 Å². The number of carbonyl (C=O) groups is 1. The maximum Gasteiger partial charge on any atom is 0.257 e. The molecule has 2 aromatic rings. The van der Waals surface area contributed by atoms with E-state index in [1.165, 1.54) is 37.1 Å². The molecule has 5 heteroatoms. The van der Waals surface area contributed by atoms with Gasteiger partial charge in [0.1, 0.15) is 5.82 Å². The van der Waals surface area contributed by atoms with Crippen LogP contribution in [-0.2, 0) is 6.42 Å². The number of piperidine rings is 3. The minimum atomic E-state index is 0.0982. The third-order valence-electron chi connectivity index (χ3n) is 7.03. The Balaban J connectivity index is 1.49. The van der Waals surface area contributed by atoms with E-state index in [0.717, 1.165) is 18.8 Å². The summed E-state index contributed by atoms with van der Waals surface area (Å²) in [5.41, 5.74) is 3.27. The maximum absolute atomic E-state index is 13.4. The van der Waals surface area contributed by atoms with Gasteiger partial charge in [0.2, 0.25) is 0 Å². The van der Waals surface area contributed by atoms with Crippen molar-refractivity contribution in [1.29, 1.82) is 0 Å². The van der Waals surface area contributed by atoms with E-state index in [0.29, 0.717) is 29.5 Å². The number of carbonyl (C=O) groups excluding carboxylic acids is 1. The van der Waals surface area contributed by atoms with Crippen molar-refractivity contribution < 1.29 is 4.79 Å². The first kappa shape index (κ1) is 17.8. The molecular weight excluding hydrogens is 348 g/mol. The molecule has 6 rings (SSSR count). The lowest BCUT2D eigenvalue weighted by molar-refractivity contribution is -0.00343. The number of amides is 1. The molecule has 1 amide bonds. The molecule has 0 unspecified atom stereocenters. The Labute approximate surface area is 166 Å². The summed E-state index contributed by atoms with van der Waals surface area (Å²) < 4.78 is 0. The molecule has 146 valence electrons. The fourth-order valence-corrected chi connectivity index (χ4v) is 5.58. The number of benzene rings is 1. The fraction of sp³-hybridized carbons (Fsp3) is 0.522. The highest BCUT2D eigenvalue weighted by molar-refractivity contribution is 5.94. The van der Waals surface area contributed by atoms with Crippen LogP contribution in [0.4, 0.5) is 0 Å². The number of fused-ring (bicyclic) bond motifs is 2. The summed E-state index contributed by atoms with van der Waals surface area (Å²) in [6, 6.07) is 9.66. The van der Waals surface area contributed by atoms with E-state index in [9.17, 15) is 4.79 Å². The molecule has 4 aliphatic heterocycles. The van der Waals surface area contributed by atoms with Gasteiger partial charge < -0.3 is 4.90 Å². The molecule has 4 aliphatic rings. The van der Waals surface area contributed by atoms with Crippen LogP contribution in [0, 0.1) is 12.8 Å². The monoisotopic (exact) mass is 376 g/mol. The van der Waals surface area contributed by atoms with Gasteiger partial charge in [-0.15, -0.1) is 0 Å². The first-order valence-corrected chi connectivity index (χ1v) is 10.6. The molecule has 0 aliphatic carbocycles. The summed E-state index contributed by atoms with van der Waals surface area (Å²) in [6.07, 6.45) is 6.62. The van der Waals surface area contributed by atoms with E-state index < -0.39 is 0 Å². The van der Waals surface area contributed by atoms with Crippen LogP contribution >= 0.6 is 0 Å². The van der Waals surface area contributed by atoms with E-state index in [4.69, 9.17) is 0 Å². The van der Waals surface area contributed by atoms with Gasteiger partial charge in [0.25, 0.3) is 5.91 Å². The van der Waals surface area contributed by atoms with Crippen LogP contribution in [0.15, 0.2) is 36.7 Å². The molecule has 1 aromatic heterocycles. The summed E-state index contributed by atoms with van der Waals surface area (Å²) in [7, 11) is 0. The van der Waals surface area contributed by atoms with Gasteiger partial charge in [-0.3, -0.25) is 9.69 Å². The molecule has 28 heavy (non-hydrogen) atoms. The van der Waals surface area contributed by atoms with E-state index in [2.05, 4.69) is 51.0 Å². The van der Waals surface area contributed by atoms with Crippen molar-refractivity contribution >= 4 is 5.91 Å². The molecule has 0 saturated carbocycles. The minimum Gasteiger partial charge on any atom is -0.333 e. The largest absolute Gasteiger partial charge is 0.333 e. The number of rotatable bonds is 3. The van der Waals surface area contributed by atoms with Crippen LogP contribution in [0.2, 0.25) is 0 Å². The zero-order valence-corrected chi connectivity index (χ0v) is 16.7. The van der Waals surface area contributed by atoms with Crippen LogP contribution in [0.3, 0.4) is 0 Å². The standard InChI is InChI=1S/C23H28N4O/c1-3-20-24-12-18(13-25-20)23(28)27-14-19(16-6-4-15(2)5-7-16)22-21(27)17-8-10-26(22)11-9-17/h4-7,12-13,17,19,21-22H,3,8-11,14H2,1-2H3/t19-,21-,22-/m1/s1. The molecule has 0 radical (unpaired) electrons. The lowest BCUT2D eigenvalue weighted by Gasteiger charge is -2.51. The summed E-state index contributed by atoms with van der Waals surface area (Å²) in [4.78, 5) is 26.9. The van der Waals surface area contributed by atoms with E-state index in [1.807, 2.05) is 6.92 Å². The summed E-state index contributed by atoms with van der Waals surface area (Å²) >= 11 is 0. The van der Waals surface area contributed by atoms with Crippen molar-refractivity contribution in [1.82, 2.24) is 19.8 Å². The zero-order valence-electron chi connectivity index (χ0n) is 16.7. The second-order valence-corrected chi connectivity index (χ2v) is 8.57. The zero-order chi connectivity index (χ0) is 19.3. The highest BCUT2D eigenvalue weighted by Gasteiger charge is 2.54. The smallest absolute Gasteiger partial charge is 0.257 e. The van der Waals surface area contributed by atoms with Crippen LogP contribution < -0.4 is 0 Å². The number of aromatic nitrogens is 2. The van der Waals surface area contributed by atoms with Crippen molar-refractivity contribution in [2.75, 3.05) is 19.6 Å². The average Bonchev–Trinajstić information content (AvgIpc) is 3.17. The normalized spacial score (nSPS) is 31.1. The number of nitrogens with zero attached hydrogens (tertiary/aromatic N) is 4. The molecular formula is C23H28N4O. The molecule has 4 fully saturated rings. The van der Waals surface area contributed by atoms with Crippen molar-refractivity contribution in [3.8, 4) is 0 Å². The van der Waals surface area contributed by atoms with Gasteiger partial charge >= 0.3 is 0 Å². The number of likely N-dealkylation sites (tertiary alicyclic amines) is 1. The summed E-state index contributed by atoms with van der Waals surface area (Å²) in [5, 5.41) is 0. The third kappa shape index (κ3) is 2.84. The predicted molar refractivity (Wildman–Crippen MR) is 108 cm³/mol. The Hall–Kier alpha value is -2.27. The summed E-state index contributed by atoms with van der Waals surface area (Å²) in [5.74, 6) is 1.89. The Bertz CT molecular complexity index is 855. The van der Waals surface area contributed by atoms with Crippen LogP contribution in [-0.4, -0.2) is 57.4 Å². The Morgan fingerprint density at radius 3 is 2.39 bits per heavy atom. The van der Waals surface area contributed by atoms with Gasteiger partial charge in [0.15, 0.2) is 0 Å². The minimum absolute atomic E-state index is 0.0982. The Kier molecular flexibility index (Phi) is 4.43. The molecule has 4 saturated heterocycles.